The van der Waals surface area contributed by atoms with Crippen LogP contribution in [-0.2, 0) is 59.2 Å². The number of nitrogen functional groups attached to an aromatic ring is 1. The highest BCUT2D eigenvalue weighted by molar-refractivity contribution is 9.11. The number of aromatic nitrogens is 6. The number of benzene rings is 6. The summed E-state index contributed by atoms with van der Waals surface area (Å²) in [6.45, 7) is 14.8. The van der Waals surface area contributed by atoms with Gasteiger partial charge in [0.25, 0.3) is 59.2 Å². The number of carbonyl (C=O) groups is 2. The van der Waals surface area contributed by atoms with Crippen LogP contribution >= 0.6 is 128 Å². The molecule has 4 unspecified atom stereocenters. The normalized spacial score (nSPS) is 15.0. The first-order valence-corrected chi connectivity index (χ1v) is 52.3. The smallest absolute Gasteiger partial charge is 0.265 e. The Hall–Kier alpha value is -9.45. The van der Waals surface area contributed by atoms with Gasteiger partial charge in [0.05, 0.1) is 80.1 Å². The molecule has 0 radical (unpaired) electrons. The third kappa shape index (κ3) is 27.9. The van der Waals surface area contributed by atoms with E-state index in [9.17, 15) is 60.1 Å². The lowest BCUT2D eigenvalue weighted by Gasteiger charge is -2.36. The summed E-state index contributed by atoms with van der Waals surface area (Å²) in [6, 6.07) is 54.3. The molecule has 132 heavy (non-hydrogen) atoms. The topological polar surface area (TPSA) is 371 Å². The Kier molecular flexibility index (Phi) is 40.0. The van der Waals surface area contributed by atoms with Crippen LogP contribution in [0.3, 0.4) is 0 Å². The minimum Gasteiger partial charge on any atom is -0.397 e. The SMILES string of the molecule is C.C.C=C1CC(C)N(S(=O)(=O)c2ccc(Cl)cc2)c2cccnc21.C=CCC(C)N(c1ncccc1Br)S(=O)(=O)c1ccc(Cl)cc1.CC1/C(=C/N(C)C)C(=O)c2ncccc2N1S(=O)(=O)c1ccc(Cl)cc1.CC1CC(=O)c2ncccc2N1S(=O)(=O)c1ccc(Cl)cc1.Nc1cccnc1Br.O=S(=O)(Cl)c1ccc(Cl)cc1.O=S(=O)(Nc1cccnc1Br)c1ccc(Cl)cc1. The van der Waals surface area contributed by atoms with Crippen LogP contribution < -0.4 is 27.7 Å². The highest BCUT2D eigenvalue weighted by Crippen LogP contribution is 2.42. The molecule has 0 bridgehead atoms. The van der Waals surface area contributed by atoms with Crippen molar-refractivity contribution in [3.63, 3.8) is 0 Å². The fraction of sp³-hybridized carbons (Fsp3) is 0.169. The standard InChI is InChI=1S/C18H18ClN3O3S.C16H16BrClN2O2S.C16H15ClN2O2S.C15H13ClN2O3S.C11H8BrClN2O2S.C6H4Cl2O2S.C5H5BrN2.2CH4/c1-12-15(11-21(2)3)18(23)17-16(5-4-10-20-17)22(12)26(24,25)14-8-6-13(19)7-9-14;1-3-5-12(2)20(16-15(17)6-4-11-19-16)23(21,22)14-9-7-13(18)8-10-14;1-11-10-12(2)19(15-4-3-9-18-16(11)15)22(20,21)14-7-5-13(17)6-8-14;1-10-9-14(19)15-13(3-2-8-17-15)18(10)22(20,21)12-6-4-11(16)5-7-12;12-11-10(2-1-7-14-11)15-18(16,17)9-5-3-8(13)4-6-9;7-5-1-3-6(4-2-5)11(8,9)10;6-5-4(7)2-1-3-8-5;;/h4-12H,1-3H3;3-4,6-12H,1,5H2,2H3;3-9,12H,1,10H2,2H3;2-8,10H,9H2,1H3;1-7,15H;1-4H;1-3H,7H2;2*1H4/b15-11-;;;;;;;;. The molecule has 0 spiro atoms. The summed E-state index contributed by atoms with van der Waals surface area (Å²) in [5, 5.41) is 2.85. The molecule has 0 amide bonds. The van der Waals surface area contributed by atoms with Crippen molar-refractivity contribution in [2.24, 2.45) is 0 Å². The van der Waals surface area contributed by atoms with Crippen molar-refractivity contribution in [3.05, 3.63) is 347 Å². The number of hydrogen-bond donors (Lipinski definition) is 2. The highest BCUT2D eigenvalue weighted by atomic mass is 79.9. The molecule has 15 rings (SSSR count). The number of pyridine rings is 6. The lowest BCUT2D eigenvalue weighted by molar-refractivity contribution is 0.0965. The molecule has 0 aliphatic carbocycles. The van der Waals surface area contributed by atoms with Crippen molar-refractivity contribution in [2.45, 2.75) is 115 Å². The molecule has 12 aromatic rings. The number of ketones is 2. The summed E-state index contributed by atoms with van der Waals surface area (Å²) >= 11 is 44.3. The van der Waals surface area contributed by atoms with E-state index in [0.717, 1.165) is 5.57 Å². The number of hydrogen-bond acceptors (Lipinski definition) is 22. The van der Waals surface area contributed by atoms with Crippen LogP contribution in [0.5, 0.6) is 0 Å². The number of carbonyl (C=O) groups excluding carboxylic acids is 2. The Morgan fingerprint density at radius 3 is 1.23 bits per heavy atom. The molecule has 3 aliphatic rings. The summed E-state index contributed by atoms with van der Waals surface area (Å²) < 4.78 is 160. The predicted molar refractivity (Wildman–Crippen MR) is 539 cm³/mol. The Labute approximate surface area is 829 Å². The minimum absolute atomic E-state index is 0. The molecule has 43 heteroatoms. The van der Waals surface area contributed by atoms with Crippen LogP contribution in [0.2, 0.25) is 30.1 Å². The van der Waals surface area contributed by atoms with Gasteiger partial charge in [0.2, 0.25) is 5.78 Å². The van der Waals surface area contributed by atoms with Crippen LogP contribution in [0.1, 0.15) is 88.5 Å². The van der Waals surface area contributed by atoms with E-state index in [1.54, 1.807) is 167 Å². The second-order valence-corrected chi connectivity index (χ2v) is 44.7. The first-order chi connectivity index (χ1) is 61.2. The number of nitrogens with one attached hydrogen (secondary N) is 1. The zero-order valence-electron chi connectivity index (χ0n) is 69.2. The summed E-state index contributed by atoms with van der Waals surface area (Å²) in [6.07, 6.45) is 13.9. The van der Waals surface area contributed by atoms with Crippen molar-refractivity contribution in [3.8, 4) is 0 Å². The van der Waals surface area contributed by atoms with Gasteiger partial charge < -0.3 is 10.6 Å². The number of anilines is 6. The van der Waals surface area contributed by atoms with E-state index in [4.69, 9.17) is 86.0 Å². The van der Waals surface area contributed by atoms with Gasteiger partial charge in [-0.05, 0) is 312 Å². The van der Waals surface area contributed by atoms with E-state index in [-0.39, 0.29) is 91.4 Å². The molecule has 27 nitrogen and oxygen atoms in total. The fourth-order valence-corrected chi connectivity index (χ4v) is 23.1. The quantitative estimate of drug-likeness (QED) is 0.0370. The molecule has 3 aliphatic heterocycles. The van der Waals surface area contributed by atoms with Crippen molar-refractivity contribution in [1.82, 2.24) is 34.8 Å². The lowest BCUT2D eigenvalue weighted by atomic mass is 9.96. The number of fused-ring (bicyclic) bond motifs is 3. The van der Waals surface area contributed by atoms with Gasteiger partial charge in [0.1, 0.15) is 20.6 Å². The lowest BCUT2D eigenvalue weighted by Crippen LogP contribution is -2.46. The number of nitrogens with zero attached hydrogens (tertiary/aromatic N) is 11. The second kappa shape index (κ2) is 48.1. The molecular weight excluding hydrogens is 2160 g/mol. The molecule has 0 saturated heterocycles. The monoisotopic (exact) mass is 2240 g/mol. The maximum atomic E-state index is 13.3. The summed E-state index contributed by atoms with van der Waals surface area (Å²) in [5.74, 6) is -0.0770. The molecule has 4 atom stereocenters. The third-order valence-electron chi connectivity index (χ3n) is 18.5. The van der Waals surface area contributed by atoms with E-state index < -0.39 is 71.3 Å². The molecule has 0 saturated carbocycles. The molecule has 698 valence electrons. The maximum absolute atomic E-state index is 13.3. The maximum Gasteiger partial charge on any atom is 0.265 e. The average molecular weight is 2240 g/mol. The predicted octanol–water partition coefficient (Wildman–Crippen LogP) is 22.5. The van der Waals surface area contributed by atoms with Crippen molar-refractivity contribution < 1.29 is 60.1 Å². The number of halogens is 10. The number of sulfonamides is 5. The largest absolute Gasteiger partial charge is 0.397 e. The van der Waals surface area contributed by atoms with Crippen LogP contribution in [0, 0.1) is 0 Å². The first kappa shape index (κ1) is 110. The van der Waals surface area contributed by atoms with Crippen molar-refractivity contribution in [2.75, 3.05) is 41.8 Å². The van der Waals surface area contributed by atoms with Gasteiger partial charge >= 0.3 is 0 Å². The van der Waals surface area contributed by atoms with Crippen LogP contribution in [0.25, 0.3) is 5.57 Å². The minimum atomic E-state index is -3.91. The van der Waals surface area contributed by atoms with Crippen LogP contribution in [0.4, 0.5) is 34.3 Å². The zero-order chi connectivity index (χ0) is 95.5. The third-order valence-corrected chi connectivity index (χ3v) is 32.4. The van der Waals surface area contributed by atoms with Gasteiger partial charge in [0, 0.05) is 122 Å². The van der Waals surface area contributed by atoms with Gasteiger partial charge in [-0.15, -0.1) is 6.58 Å². The van der Waals surface area contributed by atoms with E-state index in [2.05, 4.69) is 95.6 Å². The molecule has 3 N–H and O–H groups in total. The van der Waals surface area contributed by atoms with Crippen LogP contribution in [0.15, 0.2) is 330 Å². The molecule has 6 aromatic heterocycles. The van der Waals surface area contributed by atoms with Gasteiger partial charge in [-0.1, -0.05) is 97.1 Å². The average Bonchev–Trinajstić information content (AvgIpc) is 0.741. The summed E-state index contributed by atoms with van der Waals surface area (Å²) in [5.41, 5.74) is 9.79. The molecule has 9 heterocycles. The molecular formula is C89H87Br3Cl7N13O14S6. The summed E-state index contributed by atoms with van der Waals surface area (Å²) in [4.78, 5) is 51.9. The van der Waals surface area contributed by atoms with Gasteiger partial charge in [-0.2, -0.15) is 0 Å². The first-order valence-electron chi connectivity index (χ1n) is 38.1. The van der Waals surface area contributed by atoms with E-state index in [1.807, 2.05) is 13.8 Å². The van der Waals surface area contributed by atoms with E-state index in [1.165, 1.54) is 151 Å². The second-order valence-electron chi connectivity index (χ2n) is 28.2. The Bertz CT molecular complexity index is 6710. The Balaban J connectivity index is 0.000000214. The van der Waals surface area contributed by atoms with Gasteiger partial charge in [-0.25, -0.2) is 69.8 Å². The van der Waals surface area contributed by atoms with Crippen LogP contribution in [-0.4, -0.2) is 135 Å². The Morgan fingerprint density at radius 2 is 0.826 bits per heavy atom. The number of rotatable bonds is 17. The number of nitrogens with two attached hydrogens (primary N) is 1. The van der Waals surface area contributed by atoms with E-state index >= 15 is 0 Å². The highest BCUT2D eigenvalue weighted by Gasteiger charge is 2.43. The van der Waals surface area contributed by atoms with Crippen molar-refractivity contribution in [1.29, 1.82) is 0 Å². The summed E-state index contributed by atoms with van der Waals surface area (Å²) in [7, 11) is -13.8. The van der Waals surface area contributed by atoms with Crippen molar-refractivity contribution >= 4 is 239 Å². The molecule has 0 fully saturated rings. The Morgan fingerprint density at radius 1 is 0.470 bits per heavy atom. The van der Waals surface area contributed by atoms with Gasteiger partial charge in [-0.3, -0.25) is 42.2 Å². The number of Topliss-reactive ketones (excluding diaryl/α,β-unsaturated/α-hetero) is 2. The molecule has 6 aromatic carbocycles. The zero-order valence-corrected chi connectivity index (χ0v) is 84.1. The van der Waals surface area contributed by atoms with Gasteiger partial charge in [0.15, 0.2) is 11.6 Å². The van der Waals surface area contributed by atoms with E-state index in [0.29, 0.717) is 96.5 Å². The fourth-order valence-electron chi connectivity index (χ4n) is 12.6.